The standard InChI is InChI=1S/C22H21O7P/c1-15-21(29-30(25,26)28-18-6-4-3-5-7-18)13-12-19(22(15)24)20(23)14-16-8-10-17(27-2)11-9-16/h3-13,24H,14H2,1-2H3,(H,25,26). The van der Waals surface area contributed by atoms with Crippen LogP contribution in [0.15, 0.2) is 66.7 Å². The molecule has 3 rings (SSSR count). The highest BCUT2D eigenvalue weighted by molar-refractivity contribution is 7.48. The second kappa shape index (κ2) is 9.03. The van der Waals surface area contributed by atoms with E-state index in [-0.39, 0.29) is 40.6 Å². The van der Waals surface area contributed by atoms with Crippen LogP contribution in [-0.2, 0) is 11.0 Å². The largest absolute Gasteiger partial charge is 0.584 e. The van der Waals surface area contributed by atoms with Gasteiger partial charge in [0.1, 0.15) is 23.0 Å². The number of benzene rings is 3. The predicted octanol–water partition coefficient (Wildman–Crippen LogP) is 4.69. The smallest absolute Gasteiger partial charge is 0.507 e. The summed E-state index contributed by atoms with van der Waals surface area (Å²) >= 11 is 0. The number of hydrogen-bond acceptors (Lipinski definition) is 6. The molecule has 1 atom stereocenters. The van der Waals surface area contributed by atoms with Crippen molar-refractivity contribution >= 4 is 13.6 Å². The van der Waals surface area contributed by atoms with E-state index in [9.17, 15) is 19.4 Å². The van der Waals surface area contributed by atoms with Crippen molar-refractivity contribution in [1.29, 1.82) is 0 Å². The van der Waals surface area contributed by atoms with Gasteiger partial charge in [-0.3, -0.25) is 9.69 Å². The van der Waals surface area contributed by atoms with E-state index in [4.69, 9.17) is 13.8 Å². The highest BCUT2D eigenvalue weighted by atomic mass is 31.2. The van der Waals surface area contributed by atoms with Gasteiger partial charge >= 0.3 is 7.82 Å². The molecular formula is C22H21O7P. The molecule has 8 heteroatoms. The molecule has 2 N–H and O–H groups in total. The maximum absolute atomic E-state index is 12.6. The molecule has 0 bridgehead atoms. The number of carbonyl (C=O) groups is 1. The predicted molar refractivity (Wildman–Crippen MR) is 111 cm³/mol. The number of phosphoric ester groups is 1. The average molecular weight is 428 g/mol. The Hall–Kier alpha value is -3.28. The fraction of sp³-hybridized carbons (Fsp3) is 0.136. The summed E-state index contributed by atoms with van der Waals surface area (Å²) in [4.78, 5) is 22.6. The molecule has 7 nitrogen and oxygen atoms in total. The van der Waals surface area contributed by atoms with Crippen molar-refractivity contribution in [2.24, 2.45) is 0 Å². The molecule has 3 aromatic rings. The summed E-state index contributed by atoms with van der Waals surface area (Å²) in [5, 5.41) is 10.5. The Morgan fingerprint density at radius 2 is 1.60 bits per heavy atom. The van der Waals surface area contributed by atoms with Crippen LogP contribution in [-0.4, -0.2) is 22.9 Å². The molecule has 0 saturated carbocycles. The number of Topliss-reactive ketones (excluding diaryl/α,β-unsaturated/α-hetero) is 1. The lowest BCUT2D eigenvalue weighted by Gasteiger charge is -2.16. The van der Waals surface area contributed by atoms with Crippen LogP contribution in [0.4, 0.5) is 0 Å². The lowest BCUT2D eigenvalue weighted by Crippen LogP contribution is -2.06. The zero-order valence-corrected chi connectivity index (χ0v) is 17.3. The molecule has 0 saturated heterocycles. The van der Waals surface area contributed by atoms with Crippen LogP contribution in [0.5, 0.6) is 23.0 Å². The lowest BCUT2D eigenvalue weighted by atomic mass is 10.00. The Morgan fingerprint density at radius 1 is 0.933 bits per heavy atom. The highest BCUT2D eigenvalue weighted by Gasteiger charge is 2.27. The molecule has 1 unspecified atom stereocenters. The van der Waals surface area contributed by atoms with Crippen molar-refractivity contribution < 1.29 is 33.1 Å². The van der Waals surface area contributed by atoms with E-state index in [1.807, 2.05) is 0 Å². The summed E-state index contributed by atoms with van der Waals surface area (Å²) < 4.78 is 27.5. The quantitative estimate of drug-likeness (QED) is 0.396. The lowest BCUT2D eigenvalue weighted by molar-refractivity contribution is 0.0990. The number of para-hydroxylation sites is 1. The number of ether oxygens (including phenoxy) is 1. The maximum atomic E-state index is 12.6. The maximum Gasteiger partial charge on any atom is 0.584 e. The van der Waals surface area contributed by atoms with E-state index in [0.717, 1.165) is 5.56 Å². The number of phenolic OH excluding ortho intramolecular Hbond substituents is 1. The van der Waals surface area contributed by atoms with Crippen molar-refractivity contribution in [2.45, 2.75) is 13.3 Å². The fourth-order valence-electron chi connectivity index (χ4n) is 2.79. The number of rotatable bonds is 8. The van der Waals surface area contributed by atoms with Gasteiger partial charge in [-0.25, -0.2) is 4.57 Å². The first-order chi connectivity index (χ1) is 14.3. The molecule has 0 aliphatic rings. The minimum Gasteiger partial charge on any atom is -0.507 e. The second-order valence-electron chi connectivity index (χ2n) is 6.50. The number of aromatic hydroxyl groups is 1. The number of ketones is 1. The number of methoxy groups -OCH3 is 1. The van der Waals surface area contributed by atoms with Gasteiger partial charge < -0.3 is 18.9 Å². The van der Waals surface area contributed by atoms with Gasteiger partial charge in [0, 0.05) is 12.0 Å². The third-order valence-corrected chi connectivity index (χ3v) is 5.25. The van der Waals surface area contributed by atoms with Crippen LogP contribution in [0.3, 0.4) is 0 Å². The Balaban J connectivity index is 1.75. The molecule has 0 aliphatic heterocycles. The molecular weight excluding hydrogens is 407 g/mol. The zero-order valence-electron chi connectivity index (χ0n) is 16.4. The topological polar surface area (TPSA) is 102 Å². The third-order valence-electron chi connectivity index (χ3n) is 4.38. The van der Waals surface area contributed by atoms with E-state index in [2.05, 4.69) is 0 Å². The molecule has 0 aromatic heterocycles. The number of phosphoric acid groups is 1. The summed E-state index contributed by atoms with van der Waals surface area (Å²) in [5.41, 5.74) is 1.00. The molecule has 0 fully saturated rings. The van der Waals surface area contributed by atoms with E-state index < -0.39 is 7.82 Å². The fourth-order valence-corrected chi connectivity index (χ4v) is 3.66. The molecule has 0 aliphatic carbocycles. The molecule has 0 amide bonds. The van der Waals surface area contributed by atoms with E-state index in [1.165, 1.54) is 31.2 Å². The molecule has 0 spiro atoms. The van der Waals surface area contributed by atoms with Gasteiger partial charge in [-0.1, -0.05) is 30.3 Å². The Labute approximate surface area is 174 Å². The molecule has 3 aromatic carbocycles. The summed E-state index contributed by atoms with van der Waals surface area (Å²) in [6.45, 7) is 1.48. The zero-order chi connectivity index (χ0) is 21.7. The van der Waals surface area contributed by atoms with E-state index in [1.54, 1.807) is 49.6 Å². The molecule has 30 heavy (non-hydrogen) atoms. The first-order valence-electron chi connectivity index (χ1n) is 9.05. The van der Waals surface area contributed by atoms with E-state index in [0.29, 0.717) is 5.75 Å². The first kappa shape index (κ1) is 21.4. The summed E-state index contributed by atoms with van der Waals surface area (Å²) in [5.74, 6) is 0.162. The first-order valence-corrected chi connectivity index (χ1v) is 10.5. The third kappa shape index (κ3) is 5.20. The Kier molecular flexibility index (Phi) is 6.45. The number of phenols is 1. The van der Waals surface area contributed by atoms with Gasteiger partial charge in [-0.05, 0) is 48.9 Å². The number of hydrogen-bond donors (Lipinski definition) is 2. The van der Waals surface area contributed by atoms with Crippen LogP contribution < -0.4 is 13.8 Å². The SMILES string of the molecule is COc1ccc(CC(=O)c2ccc(OP(=O)(O)Oc3ccccc3)c(C)c2O)cc1. The average Bonchev–Trinajstić information content (AvgIpc) is 2.72. The summed E-state index contributed by atoms with van der Waals surface area (Å²) in [6.07, 6.45) is 0.0762. The summed E-state index contributed by atoms with van der Waals surface area (Å²) in [6, 6.07) is 17.8. The van der Waals surface area contributed by atoms with Crippen LogP contribution in [0.2, 0.25) is 0 Å². The Bertz CT molecular complexity index is 1080. The van der Waals surface area contributed by atoms with Crippen molar-refractivity contribution in [3.05, 3.63) is 83.4 Å². The molecule has 156 valence electrons. The van der Waals surface area contributed by atoms with E-state index >= 15 is 0 Å². The van der Waals surface area contributed by atoms with Crippen LogP contribution in [0, 0.1) is 6.92 Å². The van der Waals surface area contributed by atoms with Gasteiger partial charge in [0.25, 0.3) is 0 Å². The van der Waals surface area contributed by atoms with Crippen LogP contribution in [0.1, 0.15) is 21.5 Å². The van der Waals surface area contributed by atoms with Gasteiger partial charge in [0.05, 0.1) is 12.7 Å². The normalized spacial score (nSPS) is 12.6. The van der Waals surface area contributed by atoms with Gasteiger partial charge in [-0.2, -0.15) is 0 Å². The van der Waals surface area contributed by atoms with Crippen molar-refractivity contribution in [3.63, 3.8) is 0 Å². The molecule has 0 heterocycles. The van der Waals surface area contributed by atoms with Crippen LogP contribution >= 0.6 is 7.82 Å². The minimum absolute atomic E-state index is 0.0599. The van der Waals surface area contributed by atoms with Crippen molar-refractivity contribution in [2.75, 3.05) is 7.11 Å². The minimum atomic E-state index is -4.49. The summed E-state index contributed by atoms with van der Waals surface area (Å²) in [7, 11) is -2.94. The Morgan fingerprint density at radius 3 is 2.23 bits per heavy atom. The van der Waals surface area contributed by atoms with Crippen LogP contribution in [0.25, 0.3) is 0 Å². The monoisotopic (exact) mass is 428 g/mol. The van der Waals surface area contributed by atoms with Crippen molar-refractivity contribution in [3.8, 4) is 23.0 Å². The number of carbonyl (C=O) groups excluding carboxylic acids is 1. The van der Waals surface area contributed by atoms with Gasteiger partial charge in [-0.15, -0.1) is 0 Å². The van der Waals surface area contributed by atoms with Crippen molar-refractivity contribution in [1.82, 2.24) is 0 Å². The highest BCUT2D eigenvalue weighted by Crippen LogP contribution is 2.46. The van der Waals surface area contributed by atoms with Gasteiger partial charge in [0.2, 0.25) is 0 Å². The van der Waals surface area contributed by atoms with Gasteiger partial charge in [0.15, 0.2) is 5.78 Å². The molecule has 0 radical (unpaired) electrons. The second-order valence-corrected chi connectivity index (χ2v) is 7.80.